The van der Waals surface area contributed by atoms with Gasteiger partial charge in [0.2, 0.25) is 5.91 Å². The first-order chi connectivity index (χ1) is 11.5. The maximum absolute atomic E-state index is 12.0. The number of amides is 2. The molecule has 1 aromatic carbocycles. The van der Waals surface area contributed by atoms with Crippen LogP contribution in [0.15, 0.2) is 18.2 Å². The van der Waals surface area contributed by atoms with Crippen molar-refractivity contribution in [2.75, 3.05) is 6.61 Å². The topological polar surface area (TPSA) is 67.4 Å². The molecule has 0 aromatic heterocycles. The van der Waals surface area contributed by atoms with E-state index in [0.717, 1.165) is 17.9 Å². The fraction of sp³-hybridized carbons (Fsp3) is 0.556. The van der Waals surface area contributed by atoms with Gasteiger partial charge >= 0.3 is 0 Å². The van der Waals surface area contributed by atoms with Gasteiger partial charge < -0.3 is 4.74 Å². The van der Waals surface area contributed by atoms with E-state index in [1.807, 2.05) is 6.92 Å². The first-order valence-corrected chi connectivity index (χ1v) is 8.85. The number of aryl methyl sites for hydroxylation is 1. The number of ether oxygens (including phenoxy) is 1. The van der Waals surface area contributed by atoms with Gasteiger partial charge in [-0.3, -0.25) is 20.4 Å². The summed E-state index contributed by atoms with van der Waals surface area (Å²) in [5.41, 5.74) is 5.78. The quantitative estimate of drug-likeness (QED) is 0.802. The van der Waals surface area contributed by atoms with Gasteiger partial charge in [0.1, 0.15) is 5.75 Å². The SMILES string of the molecule is Cc1cc(OCC(=O)NNC(=O)CC2CC3CCC2C3)ccc1Cl. The lowest BCUT2D eigenvalue weighted by molar-refractivity contribution is -0.130. The Morgan fingerprint density at radius 3 is 2.67 bits per heavy atom. The number of halogens is 1. The largest absolute Gasteiger partial charge is 0.484 e. The van der Waals surface area contributed by atoms with Gasteiger partial charge in [0.25, 0.3) is 5.91 Å². The molecular formula is C18H23ClN2O3. The van der Waals surface area contributed by atoms with Crippen molar-refractivity contribution in [3.63, 3.8) is 0 Å². The van der Waals surface area contributed by atoms with Crippen LogP contribution in [0, 0.1) is 24.7 Å². The zero-order chi connectivity index (χ0) is 17.1. The van der Waals surface area contributed by atoms with Crippen LogP contribution >= 0.6 is 11.6 Å². The molecule has 5 nitrogen and oxygen atoms in total. The van der Waals surface area contributed by atoms with Crippen LogP contribution in [0.5, 0.6) is 5.75 Å². The van der Waals surface area contributed by atoms with Gasteiger partial charge in [0.15, 0.2) is 6.61 Å². The third kappa shape index (κ3) is 4.20. The molecule has 2 fully saturated rings. The van der Waals surface area contributed by atoms with E-state index in [1.165, 1.54) is 19.3 Å². The molecule has 3 rings (SSSR count). The molecule has 2 aliphatic carbocycles. The minimum atomic E-state index is -0.385. The Labute approximate surface area is 147 Å². The minimum absolute atomic E-state index is 0.122. The summed E-state index contributed by atoms with van der Waals surface area (Å²) in [6.45, 7) is 1.71. The average molecular weight is 351 g/mol. The maximum Gasteiger partial charge on any atom is 0.276 e. The predicted molar refractivity (Wildman–Crippen MR) is 91.5 cm³/mol. The van der Waals surface area contributed by atoms with Crippen LogP contribution in [-0.2, 0) is 9.59 Å². The second kappa shape index (κ2) is 7.43. The summed E-state index contributed by atoms with van der Waals surface area (Å²) in [4.78, 5) is 23.7. The minimum Gasteiger partial charge on any atom is -0.484 e. The summed E-state index contributed by atoms with van der Waals surface area (Å²) in [6.07, 6.45) is 5.51. The molecular weight excluding hydrogens is 328 g/mol. The highest BCUT2D eigenvalue weighted by atomic mass is 35.5. The molecule has 0 spiro atoms. The molecule has 130 valence electrons. The number of fused-ring (bicyclic) bond motifs is 2. The first kappa shape index (κ1) is 17.1. The van der Waals surface area contributed by atoms with Crippen molar-refractivity contribution in [3.8, 4) is 5.75 Å². The molecule has 0 radical (unpaired) electrons. The number of carbonyl (C=O) groups is 2. The molecule has 24 heavy (non-hydrogen) atoms. The number of hydrazine groups is 1. The second-order valence-corrected chi connectivity index (χ2v) is 7.34. The smallest absolute Gasteiger partial charge is 0.276 e. The summed E-state index contributed by atoms with van der Waals surface area (Å²) in [5.74, 6) is 2.06. The number of rotatable bonds is 5. The summed E-state index contributed by atoms with van der Waals surface area (Å²) < 4.78 is 5.39. The van der Waals surface area contributed by atoms with Crippen LogP contribution in [0.25, 0.3) is 0 Å². The molecule has 0 heterocycles. The van der Waals surface area contributed by atoms with E-state index in [0.29, 0.717) is 29.0 Å². The van der Waals surface area contributed by atoms with Crippen LogP contribution in [-0.4, -0.2) is 18.4 Å². The van der Waals surface area contributed by atoms with Gasteiger partial charge in [0, 0.05) is 11.4 Å². The van der Waals surface area contributed by atoms with E-state index in [4.69, 9.17) is 16.3 Å². The van der Waals surface area contributed by atoms with Crippen molar-refractivity contribution < 1.29 is 14.3 Å². The van der Waals surface area contributed by atoms with Crippen molar-refractivity contribution in [2.24, 2.45) is 17.8 Å². The van der Waals surface area contributed by atoms with Crippen LogP contribution in [0.2, 0.25) is 5.02 Å². The Morgan fingerprint density at radius 1 is 1.21 bits per heavy atom. The van der Waals surface area contributed by atoms with Gasteiger partial charge in [-0.05, 0) is 67.7 Å². The van der Waals surface area contributed by atoms with Gasteiger partial charge in [-0.1, -0.05) is 18.0 Å². The van der Waals surface area contributed by atoms with E-state index >= 15 is 0 Å². The van der Waals surface area contributed by atoms with Crippen LogP contribution < -0.4 is 15.6 Å². The van der Waals surface area contributed by atoms with Gasteiger partial charge in [0.05, 0.1) is 0 Å². The van der Waals surface area contributed by atoms with E-state index in [1.54, 1.807) is 18.2 Å². The lowest BCUT2D eigenvalue weighted by Crippen LogP contribution is -2.44. The maximum atomic E-state index is 12.0. The molecule has 2 amide bonds. The van der Waals surface area contributed by atoms with Gasteiger partial charge in [-0.15, -0.1) is 0 Å². The Bertz CT molecular complexity index is 635. The van der Waals surface area contributed by atoms with E-state index in [2.05, 4.69) is 10.9 Å². The van der Waals surface area contributed by atoms with Crippen LogP contribution in [0.3, 0.4) is 0 Å². The highest BCUT2D eigenvalue weighted by Crippen LogP contribution is 2.49. The number of benzene rings is 1. The van der Waals surface area contributed by atoms with Gasteiger partial charge in [-0.2, -0.15) is 0 Å². The third-order valence-corrected chi connectivity index (χ3v) is 5.60. The van der Waals surface area contributed by atoms with Crippen molar-refractivity contribution >= 4 is 23.4 Å². The number of carbonyl (C=O) groups excluding carboxylic acids is 2. The molecule has 0 aliphatic heterocycles. The molecule has 2 N–H and O–H groups in total. The zero-order valence-corrected chi connectivity index (χ0v) is 14.6. The highest BCUT2D eigenvalue weighted by Gasteiger charge is 2.40. The Hall–Kier alpha value is -1.75. The highest BCUT2D eigenvalue weighted by molar-refractivity contribution is 6.31. The molecule has 3 unspecified atom stereocenters. The molecule has 0 saturated heterocycles. The lowest BCUT2D eigenvalue weighted by atomic mass is 9.86. The van der Waals surface area contributed by atoms with Crippen molar-refractivity contribution in [1.29, 1.82) is 0 Å². The Balaban J connectivity index is 1.36. The van der Waals surface area contributed by atoms with Crippen molar-refractivity contribution in [1.82, 2.24) is 10.9 Å². The number of nitrogens with one attached hydrogen (secondary N) is 2. The summed E-state index contributed by atoms with van der Waals surface area (Å²) >= 11 is 5.94. The third-order valence-electron chi connectivity index (χ3n) is 5.17. The van der Waals surface area contributed by atoms with Crippen LogP contribution in [0.4, 0.5) is 0 Å². The molecule has 3 atom stereocenters. The summed E-state index contributed by atoms with van der Waals surface area (Å²) in [5, 5.41) is 0.652. The monoisotopic (exact) mass is 350 g/mol. The summed E-state index contributed by atoms with van der Waals surface area (Å²) in [7, 11) is 0. The van der Waals surface area contributed by atoms with Crippen LogP contribution in [0.1, 0.15) is 37.7 Å². The molecule has 6 heteroatoms. The molecule has 1 aromatic rings. The summed E-state index contributed by atoms with van der Waals surface area (Å²) in [6, 6.07) is 5.20. The van der Waals surface area contributed by atoms with Gasteiger partial charge in [-0.25, -0.2) is 0 Å². The number of hydrogen-bond acceptors (Lipinski definition) is 3. The number of hydrogen-bond donors (Lipinski definition) is 2. The fourth-order valence-electron chi connectivity index (χ4n) is 3.95. The molecule has 2 bridgehead atoms. The molecule has 2 saturated carbocycles. The predicted octanol–water partition coefficient (Wildman–Crippen LogP) is 3.00. The zero-order valence-electron chi connectivity index (χ0n) is 13.8. The van der Waals surface area contributed by atoms with E-state index in [9.17, 15) is 9.59 Å². The van der Waals surface area contributed by atoms with E-state index in [-0.39, 0.29) is 18.4 Å². The first-order valence-electron chi connectivity index (χ1n) is 8.48. The standard InChI is InChI=1S/C18H23ClN2O3/c1-11-6-15(4-5-16(11)19)24-10-18(23)21-20-17(22)9-14-8-12-2-3-13(14)7-12/h4-6,12-14H,2-3,7-10H2,1H3,(H,20,22)(H,21,23). The fourth-order valence-corrected chi connectivity index (χ4v) is 4.06. The Kier molecular flexibility index (Phi) is 5.29. The van der Waals surface area contributed by atoms with E-state index < -0.39 is 0 Å². The van der Waals surface area contributed by atoms with Crippen molar-refractivity contribution in [2.45, 2.75) is 39.0 Å². The lowest BCUT2D eigenvalue weighted by Gasteiger charge is -2.20. The Morgan fingerprint density at radius 2 is 2.00 bits per heavy atom. The molecule has 2 aliphatic rings. The second-order valence-electron chi connectivity index (χ2n) is 6.94. The average Bonchev–Trinajstić information content (AvgIpc) is 3.17. The van der Waals surface area contributed by atoms with Crippen molar-refractivity contribution in [3.05, 3.63) is 28.8 Å². The normalized spacial score (nSPS) is 24.7.